The number of carbonyl (C=O) groups excluding carboxylic acids is 1. The van der Waals surface area contributed by atoms with Crippen molar-refractivity contribution >= 4 is 33.2 Å². The third kappa shape index (κ3) is 4.55. The topological polar surface area (TPSA) is 69.7 Å². The number of sulfonamides is 1. The molecule has 1 aliphatic rings. The SMILES string of the molecule is CCN1CCN(S(=O)(=O)c2ccc(Cl)c(C(=O)Nc3ccc(C)cc3)c2)CC1. The van der Waals surface area contributed by atoms with Gasteiger partial charge in [-0.05, 0) is 43.8 Å². The Labute approximate surface area is 171 Å². The maximum atomic E-state index is 13.0. The van der Waals surface area contributed by atoms with Crippen molar-refractivity contribution in [3.63, 3.8) is 0 Å². The van der Waals surface area contributed by atoms with Gasteiger partial charge in [-0.3, -0.25) is 4.79 Å². The second kappa shape index (κ2) is 8.61. The number of piperazine rings is 1. The van der Waals surface area contributed by atoms with E-state index in [-0.39, 0.29) is 15.5 Å². The van der Waals surface area contributed by atoms with Gasteiger partial charge in [0.15, 0.2) is 0 Å². The number of amides is 1. The number of hydrogen-bond acceptors (Lipinski definition) is 4. The van der Waals surface area contributed by atoms with Gasteiger partial charge in [-0.15, -0.1) is 0 Å². The van der Waals surface area contributed by atoms with Crippen LogP contribution >= 0.6 is 11.6 Å². The van der Waals surface area contributed by atoms with E-state index >= 15 is 0 Å². The van der Waals surface area contributed by atoms with E-state index in [1.165, 1.54) is 22.5 Å². The fourth-order valence-electron chi connectivity index (χ4n) is 3.11. The molecule has 0 saturated carbocycles. The molecule has 1 N–H and O–H groups in total. The van der Waals surface area contributed by atoms with Crippen LogP contribution in [0.25, 0.3) is 0 Å². The number of nitrogens with one attached hydrogen (secondary N) is 1. The number of hydrogen-bond donors (Lipinski definition) is 1. The molecular formula is C20H24ClN3O3S. The summed E-state index contributed by atoms with van der Waals surface area (Å²) in [5, 5.41) is 2.97. The lowest BCUT2D eigenvalue weighted by molar-refractivity contribution is 0.102. The van der Waals surface area contributed by atoms with Crippen molar-refractivity contribution < 1.29 is 13.2 Å². The van der Waals surface area contributed by atoms with Crippen LogP contribution in [0.2, 0.25) is 5.02 Å². The van der Waals surface area contributed by atoms with Crippen LogP contribution in [0, 0.1) is 6.92 Å². The molecule has 1 saturated heterocycles. The van der Waals surface area contributed by atoms with Crippen molar-refractivity contribution in [1.29, 1.82) is 0 Å². The number of benzene rings is 2. The highest BCUT2D eigenvalue weighted by atomic mass is 35.5. The first-order valence-corrected chi connectivity index (χ1v) is 11.0. The van der Waals surface area contributed by atoms with Crippen LogP contribution in [-0.4, -0.2) is 56.3 Å². The van der Waals surface area contributed by atoms with Gasteiger partial charge >= 0.3 is 0 Å². The molecule has 2 aromatic carbocycles. The van der Waals surface area contributed by atoms with Crippen LogP contribution in [-0.2, 0) is 10.0 Å². The molecule has 1 aliphatic heterocycles. The minimum Gasteiger partial charge on any atom is -0.322 e. The number of aryl methyl sites for hydroxylation is 1. The lowest BCUT2D eigenvalue weighted by Gasteiger charge is -2.33. The molecule has 1 heterocycles. The van der Waals surface area contributed by atoms with Gasteiger partial charge in [0, 0.05) is 31.9 Å². The summed E-state index contributed by atoms with van der Waals surface area (Å²) in [5.74, 6) is -0.443. The summed E-state index contributed by atoms with van der Waals surface area (Å²) >= 11 is 6.18. The van der Waals surface area contributed by atoms with Gasteiger partial charge in [0.2, 0.25) is 10.0 Å². The van der Waals surface area contributed by atoms with E-state index in [0.717, 1.165) is 12.1 Å². The fourth-order valence-corrected chi connectivity index (χ4v) is 4.76. The average Bonchev–Trinajstić information content (AvgIpc) is 2.70. The molecule has 3 rings (SSSR count). The Morgan fingerprint density at radius 1 is 1.07 bits per heavy atom. The van der Waals surface area contributed by atoms with Gasteiger partial charge in [0.1, 0.15) is 0 Å². The summed E-state index contributed by atoms with van der Waals surface area (Å²) in [6.45, 7) is 7.18. The molecular weight excluding hydrogens is 398 g/mol. The van der Waals surface area contributed by atoms with E-state index in [4.69, 9.17) is 11.6 Å². The van der Waals surface area contributed by atoms with Crippen molar-refractivity contribution in [1.82, 2.24) is 9.21 Å². The Morgan fingerprint density at radius 2 is 1.71 bits per heavy atom. The third-order valence-corrected chi connectivity index (χ3v) is 7.13. The van der Waals surface area contributed by atoms with Crippen LogP contribution in [0.5, 0.6) is 0 Å². The largest absolute Gasteiger partial charge is 0.322 e. The number of likely N-dealkylation sites (N-methyl/N-ethyl adjacent to an activating group) is 1. The second-order valence-corrected chi connectivity index (χ2v) is 9.15. The average molecular weight is 422 g/mol. The molecule has 0 aromatic heterocycles. The van der Waals surface area contributed by atoms with Crippen LogP contribution in [0.1, 0.15) is 22.8 Å². The summed E-state index contributed by atoms with van der Waals surface area (Å²) in [7, 11) is -3.68. The first-order valence-electron chi connectivity index (χ1n) is 9.21. The lowest BCUT2D eigenvalue weighted by atomic mass is 10.2. The molecule has 1 amide bonds. The monoisotopic (exact) mass is 421 g/mol. The maximum Gasteiger partial charge on any atom is 0.257 e. The van der Waals surface area contributed by atoms with Crippen molar-refractivity contribution in [3.05, 3.63) is 58.6 Å². The van der Waals surface area contributed by atoms with E-state index in [2.05, 4.69) is 17.1 Å². The number of carbonyl (C=O) groups is 1. The van der Waals surface area contributed by atoms with Gasteiger partial charge in [-0.2, -0.15) is 4.31 Å². The smallest absolute Gasteiger partial charge is 0.257 e. The summed E-state index contributed by atoms with van der Waals surface area (Å²) in [4.78, 5) is 14.9. The molecule has 0 spiro atoms. The fraction of sp³-hybridized carbons (Fsp3) is 0.350. The summed E-state index contributed by atoms with van der Waals surface area (Å²) in [5.41, 5.74) is 1.83. The van der Waals surface area contributed by atoms with E-state index in [1.54, 1.807) is 12.1 Å². The predicted octanol–water partition coefficient (Wildman–Crippen LogP) is 3.23. The molecule has 28 heavy (non-hydrogen) atoms. The van der Waals surface area contributed by atoms with Crippen molar-refractivity contribution in [2.24, 2.45) is 0 Å². The Morgan fingerprint density at radius 3 is 2.32 bits per heavy atom. The van der Waals surface area contributed by atoms with E-state index < -0.39 is 15.9 Å². The molecule has 6 nitrogen and oxygen atoms in total. The zero-order valence-corrected chi connectivity index (χ0v) is 17.6. The Balaban J connectivity index is 1.82. The van der Waals surface area contributed by atoms with E-state index in [1.807, 2.05) is 19.1 Å². The summed E-state index contributed by atoms with van der Waals surface area (Å²) in [6.07, 6.45) is 0. The first-order chi connectivity index (χ1) is 13.3. The molecule has 0 atom stereocenters. The van der Waals surface area contributed by atoms with Gasteiger partial charge in [-0.25, -0.2) is 8.42 Å². The molecule has 0 aliphatic carbocycles. The normalized spacial score (nSPS) is 16.1. The van der Waals surface area contributed by atoms with Crippen LogP contribution < -0.4 is 5.32 Å². The standard InChI is InChI=1S/C20H24ClN3O3S/c1-3-23-10-12-24(13-11-23)28(26,27)17-8-9-19(21)18(14-17)20(25)22-16-6-4-15(2)5-7-16/h4-9,14H,3,10-13H2,1-2H3,(H,22,25). The highest BCUT2D eigenvalue weighted by molar-refractivity contribution is 7.89. The zero-order valence-electron chi connectivity index (χ0n) is 16.0. The van der Waals surface area contributed by atoms with E-state index in [9.17, 15) is 13.2 Å². The maximum absolute atomic E-state index is 13.0. The number of nitrogens with zero attached hydrogens (tertiary/aromatic N) is 2. The second-order valence-electron chi connectivity index (χ2n) is 6.80. The highest BCUT2D eigenvalue weighted by Gasteiger charge is 2.29. The quantitative estimate of drug-likeness (QED) is 0.804. The zero-order chi connectivity index (χ0) is 20.3. The highest BCUT2D eigenvalue weighted by Crippen LogP contribution is 2.25. The minimum atomic E-state index is -3.68. The van der Waals surface area contributed by atoms with Crippen molar-refractivity contribution in [3.8, 4) is 0 Å². The lowest BCUT2D eigenvalue weighted by Crippen LogP contribution is -2.48. The third-order valence-electron chi connectivity index (χ3n) is 4.91. The molecule has 150 valence electrons. The summed E-state index contributed by atoms with van der Waals surface area (Å²) in [6, 6.07) is 11.6. The molecule has 0 bridgehead atoms. The Kier molecular flexibility index (Phi) is 6.40. The number of rotatable bonds is 5. The van der Waals surface area contributed by atoms with Crippen LogP contribution in [0.15, 0.2) is 47.4 Å². The molecule has 0 unspecified atom stereocenters. The summed E-state index contributed by atoms with van der Waals surface area (Å²) < 4.78 is 27.5. The van der Waals surface area contributed by atoms with Crippen LogP contribution in [0.3, 0.4) is 0 Å². The Bertz CT molecular complexity index is 953. The van der Waals surface area contributed by atoms with Gasteiger partial charge in [0.05, 0.1) is 15.5 Å². The predicted molar refractivity (Wildman–Crippen MR) is 111 cm³/mol. The molecule has 0 radical (unpaired) electrons. The van der Waals surface area contributed by atoms with Gasteiger partial charge < -0.3 is 10.2 Å². The van der Waals surface area contributed by atoms with Crippen molar-refractivity contribution in [2.75, 3.05) is 38.0 Å². The van der Waals surface area contributed by atoms with Gasteiger partial charge in [-0.1, -0.05) is 36.2 Å². The molecule has 8 heteroatoms. The van der Waals surface area contributed by atoms with E-state index in [0.29, 0.717) is 31.9 Å². The molecule has 1 fully saturated rings. The van der Waals surface area contributed by atoms with Crippen molar-refractivity contribution in [2.45, 2.75) is 18.7 Å². The Hall–Kier alpha value is -1.93. The molecule has 2 aromatic rings. The van der Waals surface area contributed by atoms with Crippen LogP contribution in [0.4, 0.5) is 5.69 Å². The first kappa shape index (κ1) is 20.8. The van der Waals surface area contributed by atoms with Gasteiger partial charge in [0.25, 0.3) is 5.91 Å². The minimum absolute atomic E-state index is 0.0795. The number of anilines is 1. The number of halogens is 1.